The van der Waals surface area contributed by atoms with Gasteiger partial charge in [0.15, 0.2) is 0 Å². The second kappa shape index (κ2) is 9.20. The van der Waals surface area contributed by atoms with Crippen molar-refractivity contribution in [1.82, 2.24) is 4.90 Å². The number of hydrogen-bond donors (Lipinski definition) is 1. The van der Waals surface area contributed by atoms with Crippen molar-refractivity contribution >= 4 is 11.9 Å². The Morgan fingerprint density at radius 1 is 1.18 bits per heavy atom. The lowest BCUT2D eigenvalue weighted by Gasteiger charge is -2.29. The van der Waals surface area contributed by atoms with Crippen LogP contribution >= 0.6 is 0 Å². The van der Waals surface area contributed by atoms with Gasteiger partial charge in [-0.3, -0.25) is 9.69 Å². The molecule has 22 heavy (non-hydrogen) atoms. The van der Waals surface area contributed by atoms with Gasteiger partial charge in [-0.2, -0.15) is 0 Å². The molecule has 1 aromatic carbocycles. The normalized spacial score (nSPS) is 12.2. The smallest absolute Gasteiger partial charge is 0.335 e. The van der Waals surface area contributed by atoms with Crippen LogP contribution in [0.4, 0.5) is 0 Å². The minimum Gasteiger partial charge on any atom is -0.478 e. The van der Waals surface area contributed by atoms with Crippen LogP contribution in [-0.2, 0) is 16.1 Å². The number of rotatable bonds is 9. The number of esters is 1. The van der Waals surface area contributed by atoms with Gasteiger partial charge in [0, 0.05) is 6.54 Å². The Morgan fingerprint density at radius 3 is 2.27 bits per heavy atom. The van der Waals surface area contributed by atoms with E-state index in [1.54, 1.807) is 31.2 Å². The van der Waals surface area contributed by atoms with E-state index in [2.05, 4.69) is 11.8 Å². The predicted molar refractivity (Wildman–Crippen MR) is 84.8 cm³/mol. The van der Waals surface area contributed by atoms with Crippen LogP contribution < -0.4 is 0 Å². The molecule has 0 fully saturated rings. The molecule has 0 aliphatic carbocycles. The fourth-order valence-electron chi connectivity index (χ4n) is 2.43. The molecule has 0 radical (unpaired) electrons. The number of carboxylic acid groups (broad SMARTS) is 1. The fourth-order valence-corrected chi connectivity index (χ4v) is 2.43. The van der Waals surface area contributed by atoms with Crippen LogP contribution in [0.1, 0.15) is 49.5 Å². The molecule has 122 valence electrons. The number of aromatic carboxylic acids is 1. The first-order valence-corrected chi connectivity index (χ1v) is 7.76. The second-order valence-electron chi connectivity index (χ2n) is 5.15. The maximum Gasteiger partial charge on any atom is 0.335 e. The van der Waals surface area contributed by atoms with Gasteiger partial charge in [-0.05, 0) is 44.0 Å². The number of carboxylic acids is 1. The van der Waals surface area contributed by atoms with E-state index in [1.165, 1.54) is 0 Å². The van der Waals surface area contributed by atoms with Gasteiger partial charge in [0.1, 0.15) is 6.04 Å². The average molecular weight is 307 g/mol. The fraction of sp³-hybridized carbons (Fsp3) is 0.529. The Kier molecular flexibility index (Phi) is 7.60. The summed E-state index contributed by atoms with van der Waals surface area (Å²) >= 11 is 0. The molecule has 1 rings (SSSR count). The summed E-state index contributed by atoms with van der Waals surface area (Å²) in [5, 5.41) is 8.93. The van der Waals surface area contributed by atoms with E-state index in [-0.39, 0.29) is 17.6 Å². The van der Waals surface area contributed by atoms with Gasteiger partial charge in [-0.1, -0.05) is 26.0 Å². The summed E-state index contributed by atoms with van der Waals surface area (Å²) < 4.78 is 5.15. The van der Waals surface area contributed by atoms with Gasteiger partial charge in [0.2, 0.25) is 0 Å². The topological polar surface area (TPSA) is 66.8 Å². The van der Waals surface area contributed by atoms with E-state index < -0.39 is 5.97 Å². The van der Waals surface area contributed by atoms with E-state index in [0.29, 0.717) is 19.6 Å². The van der Waals surface area contributed by atoms with E-state index in [4.69, 9.17) is 9.84 Å². The summed E-state index contributed by atoms with van der Waals surface area (Å²) in [7, 11) is 0. The lowest BCUT2D eigenvalue weighted by atomic mass is 10.1. The van der Waals surface area contributed by atoms with Crippen molar-refractivity contribution in [1.29, 1.82) is 0 Å². The van der Waals surface area contributed by atoms with Crippen molar-refractivity contribution in [2.45, 2.75) is 46.2 Å². The van der Waals surface area contributed by atoms with Crippen LogP contribution in [0, 0.1) is 0 Å². The molecule has 5 nitrogen and oxygen atoms in total. The number of hydrogen-bond acceptors (Lipinski definition) is 4. The van der Waals surface area contributed by atoms with E-state index in [9.17, 15) is 9.59 Å². The molecule has 0 saturated carbocycles. The molecule has 0 amide bonds. The molecule has 0 spiro atoms. The lowest BCUT2D eigenvalue weighted by molar-refractivity contribution is -0.150. The summed E-state index contributed by atoms with van der Waals surface area (Å²) in [4.78, 5) is 25.1. The highest BCUT2D eigenvalue weighted by Gasteiger charge is 2.25. The highest BCUT2D eigenvalue weighted by Crippen LogP contribution is 2.14. The van der Waals surface area contributed by atoms with E-state index >= 15 is 0 Å². The zero-order chi connectivity index (χ0) is 16.5. The Balaban J connectivity index is 2.85. The highest BCUT2D eigenvalue weighted by atomic mass is 16.5. The largest absolute Gasteiger partial charge is 0.478 e. The molecule has 1 aromatic rings. The van der Waals surface area contributed by atoms with Crippen molar-refractivity contribution in [2.75, 3.05) is 13.2 Å². The van der Waals surface area contributed by atoms with Crippen molar-refractivity contribution in [3.8, 4) is 0 Å². The number of ether oxygens (including phenoxy) is 1. The Morgan fingerprint density at radius 2 is 1.82 bits per heavy atom. The first-order valence-electron chi connectivity index (χ1n) is 7.76. The van der Waals surface area contributed by atoms with Crippen LogP contribution in [-0.4, -0.2) is 41.1 Å². The quantitative estimate of drug-likeness (QED) is 0.710. The van der Waals surface area contributed by atoms with Crippen molar-refractivity contribution in [3.05, 3.63) is 35.4 Å². The van der Waals surface area contributed by atoms with Crippen molar-refractivity contribution in [3.63, 3.8) is 0 Å². The number of carbonyl (C=O) groups is 2. The van der Waals surface area contributed by atoms with Crippen LogP contribution in [0.2, 0.25) is 0 Å². The molecule has 1 N–H and O–H groups in total. The molecule has 5 heteroatoms. The summed E-state index contributed by atoms with van der Waals surface area (Å²) in [5.74, 6) is -1.13. The first-order chi connectivity index (χ1) is 10.5. The van der Waals surface area contributed by atoms with Gasteiger partial charge < -0.3 is 9.84 Å². The van der Waals surface area contributed by atoms with Gasteiger partial charge in [0.05, 0.1) is 12.2 Å². The summed E-state index contributed by atoms with van der Waals surface area (Å²) in [6.07, 6.45) is 1.62. The number of benzene rings is 1. The summed E-state index contributed by atoms with van der Waals surface area (Å²) in [6.45, 7) is 7.61. The number of nitrogens with zero attached hydrogens (tertiary/aromatic N) is 1. The minimum absolute atomic E-state index is 0.194. The van der Waals surface area contributed by atoms with Gasteiger partial charge in [0.25, 0.3) is 0 Å². The average Bonchev–Trinajstić information content (AvgIpc) is 2.49. The third-order valence-corrected chi connectivity index (χ3v) is 3.48. The van der Waals surface area contributed by atoms with Crippen LogP contribution in [0.25, 0.3) is 0 Å². The van der Waals surface area contributed by atoms with E-state index in [1.807, 2.05) is 6.92 Å². The molecular formula is C17H25NO4. The zero-order valence-electron chi connectivity index (χ0n) is 13.5. The molecular weight excluding hydrogens is 282 g/mol. The molecule has 0 aliphatic rings. The third-order valence-electron chi connectivity index (χ3n) is 3.48. The van der Waals surface area contributed by atoms with Crippen LogP contribution in [0.3, 0.4) is 0 Å². The Labute approximate surface area is 131 Å². The van der Waals surface area contributed by atoms with Gasteiger partial charge in [-0.15, -0.1) is 0 Å². The SMILES string of the molecule is CCCN(Cc1ccc(C(=O)O)cc1)C(CC)C(=O)OCC. The molecule has 0 aliphatic heterocycles. The van der Waals surface area contributed by atoms with Gasteiger partial charge >= 0.3 is 11.9 Å². The van der Waals surface area contributed by atoms with Crippen LogP contribution in [0.15, 0.2) is 24.3 Å². The van der Waals surface area contributed by atoms with Crippen LogP contribution in [0.5, 0.6) is 0 Å². The number of carbonyl (C=O) groups excluding carboxylic acids is 1. The van der Waals surface area contributed by atoms with Crippen molar-refractivity contribution < 1.29 is 19.4 Å². The molecule has 1 unspecified atom stereocenters. The lowest BCUT2D eigenvalue weighted by Crippen LogP contribution is -2.41. The molecule has 0 heterocycles. The summed E-state index contributed by atoms with van der Waals surface area (Å²) in [5.41, 5.74) is 1.25. The predicted octanol–water partition coefficient (Wildman–Crippen LogP) is 2.94. The first kappa shape index (κ1) is 18.2. The second-order valence-corrected chi connectivity index (χ2v) is 5.15. The molecule has 0 saturated heterocycles. The maximum absolute atomic E-state index is 12.1. The third kappa shape index (κ3) is 5.15. The Bertz CT molecular complexity index is 484. The Hall–Kier alpha value is -1.88. The summed E-state index contributed by atoms with van der Waals surface area (Å²) in [6, 6.07) is 6.51. The highest BCUT2D eigenvalue weighted by molar-refractivity contribution is 5.87. The van der Waals surface area contributed by atoms with Gasteiger partial charge in [-0.25, -0.2) is 4.79 Å². The monoisotopic (exact) mass is 307 g/mol. The standard InChI is InChI=1S/C17H25NO4/c1-4-11-18(15(5-2)17(21)22-6-3)12-13-7-9-14(10-8-13)16(19)20/h7-10,15H,4-6,11-12H2,1-3H3,(H,19,20). The molecule has 0 bridgehead atoms. The molecule has 1 atom stereocenters. The zero-order valence-corrected chi connectivity index (χ0v) is 13.5. The minimum atomic E-state index is -0.935. The molecule has 0 aromatic heterocycles. The maximum atomic E-state index is 12.1. The van der Waals surface area contributed by atoms with E-state index in [0.717, 1.165) is 18.5 Å². The van der Waals surface area contributed by atoms with Crippen molar-refractivity contribution in [2.24, 2.45) is 0 Å².